The smallest absolute Gasteiger partial charge is 0.227 e. The van der Waals surface area contributed by atoms with E-state index in [0.29, 0.717) is 17.6 Å². The van der Waals surface area contributed by atoms with Crippen LogP contribution in [-0.4, -0.2) is 22.7 Å². The van der Waals surface area contributed by atoms with Crippen LogP contribution in [0.25, 0.3) is 11.3 Å². The van der Waals surface area contributed by atoms with Gasteiger partial charge in [0.2, 0.25) is 11.8 Å². The van der Waals surface area contributed by atoms with Crippen LogP contribution >= 0.6 is 22.9 Å². The Kier molecular flexibility index (Phi) is 5.91. The number of hydrogen-bond donors (Lipinski definition) is 2. The highest BCUT2D eigenvalue weighted by Gasteiger charge is 2.07. The first-order valence-electron chi connectivity index (χ1n) is 6.73. The Morgan fingerprint density at radius 3 is 2.64 bits per heavy atom. The number of carbonyl (C=O) groups excluding carboxylic acids is 2. The number of aromatic nitrogens is 1. The molecule has 1 heterocycles. The van der Waals surface area contributed by atoms with E-state index in [1.165, 1.54) is 18.3 Å². The molecule has 2 aromatic rings. The minimum absolute atomic E-state index is 0.0547. The number of halogens is 1. The molecule has 7 heteroatoms. The summed E-state index contributed by atoms with van der Waals surface area (Å²) in [6.45, 7) is 2.00. The van der Waals surface area contributed by atoms with Gasteiger partial charge in [0.1, 0.15) is 0 Å². The standard InChI is InChI=1S/C15H16ClN3O2S/c1-10(20)17-8-11-2-4-12(5-3-11)13-9-22-15(18-13)19-14(21)6-7-16/h2-5,9H,6-8H2,1H3,(H,17,20)(H,18,19,21). The first kappa shape index (κ1) is 16.5. The second kappa shape index (κ2) is 7.91. The fraction of sp³-hybridized carbons (Fsp3) is 0.267. The molecule has 0 aliphatic rings. The molecule has 0 radical (unpaired) electrons. The lowest BCUT2D eigenvalue weighted by atomic mass is 10.1. The molecule has 2 rings (SSSR count). The maximum Gasteiger partial charge on any atom is 0.227 e. The number of rotatable bonds is 6. The zero-order valence-electron chi connectivity index (χ0n) is 12.1. The molecule has 0 spiro atoms. The van der Waals surface area contributed by atoms with E-state index in [1.54, 1.807) is 0 Å². The summed E-state index contributed by atoms with van der Waals surface area (Å²) in [5, 5.41) is 7.91. The van der Waals surface area contributed by atoms with Gasteiger partial charge in [-0.2, -0.15) is 0 Å². The van der Waals surface area contributed by atoms with E-state index in [9.17, 15) is 9.59 Å². The highest BCUT2D eigenvalue weighted by molar-refractivity contribution is 7.14. The molecule has 0 saturated carbocycles. The lowest BCUT2D eigenvalue weighted by Gasteiger charge is -2.03. The predicted octanol–water partition coefficient (Wildman–Crippen LogP) is 3.01. The summed E-state index contributed by atoms with van der Waals surface area (Å²) in [6, 6.07) is 7.76. The van der Waals surface area contributed by atoms with Crippen molar-refractivity contribution in [2.24, 2.45) is 0 Å². The molecule has 0 fully saturated rings. The van der Waals surface area contributed by atoms with E-state index in [4.69, 9.17) is 11.6 Å². The monoisotopic (exact) mass is 337 g/mol. The fourth-order valence-corrected chi connectivity index (χ4v) is 2.66. The SMILES string of the molecule is CC(=O)NCc1ccc(-c2csc(NC(=O)CCCl)n2)cc1. The molecule has 0 saturated heterocycles. The van der Waals surface area contributed by atoms with Crippen molar-refractivity contribution < 1.29 is 9.59 Å². The maximum atomic E-state index is 11.5. The molecule has 22 heavy (non-hydrogen) atoms. The first-order chi connectivity index (χ1) is 10.6. The van der Waals surface area contributed by atoms with Crippen LogP contribution in [0.2, 0.25) is 0 Å². The number of thiazole rings is 1. The average Bonchev–Trinajstić information content (AvgIpc) is 2.94. The van der Waals surface area contributed by atoms with Gasteiger partial charge in [-0.1, -0.05) is 24.3 Å². The van der Waals surface area contributed by atoms with Crippen LogP contribution in [-0.2, 0) is 16.1 Å². The largest absolute Gasteiger partial charge is 0.352 e. The van der Waals surface area contributed by atoms with E-state index in [2.05, 4.69) is 15.6 Å². The van der Waals surface area contributed by atoms with Crippen LogP contribution in [0.15, 0.2) is 29.6 Å². The number of carbonyl (C=O) groups is 2. The van der Waals surface area contributed by atoms with Crippen molar-refractivity contribution in [2.45, 2.75) is 19.9 Å². The topological polar surface area (TPSA) is 71.1 Å². The van der Waals surface area contributed by atoms with Crippen molar-refractivity contribution in [1.82, 2.24) is 10.3 Å². The van der Waals surface area contributed by atoms with E-state index in [1.807, 2.05) is 29.6 Å². The van der Waals surface area contributed by atoms with Crippen molar-refractivity contribution in [1.29, 1.82) is 0 Å². The Balaban J connectivity index is 2.01. The van der Waals surface area contributed by atoms with Crippen molar-refractivity contribution in [3.8, 4) is 11.3 Å². The van der Waals surface area contributed by atoms with E-state index < -0.39 is 0 Å². The third-order valence-electron chi connectivity index (χ3n) is 2.86. The summed E-state index contributed by atoms with van der Waals surface area (Å²) >= 11 is 6.89. The highest BCUT2D eigenvalue weighted by atomic mass is 35.5. The molecule has 1 aromatic heterocycles. The summed E-state index contributed by atoms with van der Waals surface area (Å²) in [4.78, 5) is 26.7. The third-order valence-corrected chi connectivity index (χ3v) is 3.81. The highest BCUT2D eigenvalue weighted by Crippen LogP contribution is 2.25. The lowest BCUT2D eigenvalue weighted by molar-refractivity contribution is -0.119. The summed E-state index contributed by atoms with van der Waals surface area (Å²) in [6.07, 6.45) is 0.272. The van der Waals surface area contributed by atoms with Gasteiger partial charge in [-0.05, 0) is 5.56 Å². The molecule has 2 amide bonds. The van der Waals surface area contributed by atoms with Crippen LogP contribution in [0.1, 0.15) is 18.9 Å². The van der Waals surface area contributed by atoms with E-state index in [-0.39, 0.29) is 18.2 Å². The number of alkyl halides is 1. The number of hydrogen-bond acceptors (Lipinski definition) is 4. The second-order valence-corrected chi connectivity index (χ2v) is 5.87. The van der Waals surface area contributed by atoms with Gasteiger partial charge < -0.3 is 10.6 Å². The van der Waals surface area contributed by atoms with Crippen LogP contribution in [0, 0.1) is 0 Å². The molecule has 5 nitrogen and oxygen atoms in total. The molecule has 0 bridgehead atoms. The summed E-state index contributed by atoms with van der Waals surface area (Å²) in [5.41, 5.74) is 2.78. The van der Waals surface area contributed by atoms with Gasteiger partial charge in [0, 0.05) is 36.7 Å². The number of amides is 2. The zero-order chi connectivity index (χ0) is 15.9. The third kappa shape index (κ3) is 4.82. The van der Waals surface area contributed by atoms with Crippen molar-refractivity contribution in [3.05, 3.63) is 35.2 Å². The maximum absolute atomic E-state index is 11.5. The quantitative estimate of drug-likeness (QED) is 0.796. The van der Waals surface area contributed by atoms with Crippen LogP contribution in [0.5, 0.6) is 0 Å². The Labute approximate surface area is 137 Å². The fourth-order valence-electron chi connectivity index (χ4n) is 1.75. The van der Waals surface area contributed by atoms with Crippen LogP contribution < -0.4 is 10.6 Å². The van der Waals surface area contributed by atoms with E-state index in [0.717, 1.165) is 16.8 Å². The number of nitrogens with zero attached hydrogens (tertiary/aromatic N) is 1. The minimum Gasteiger partial charge on any atom is -0.352 e. The number of anilines is 1. The molecule has 0 atom stereocenters. The minimum atomic E-state index is -0.137. The van der Waals surface area contributed by atoms with Gasteiger partial charge >= 0.3 is 0 Å². The molecule has 1 aromatic carbocycles. The van der Waals surface area contributed by atoms with Gasteiger partial charge in [-0.15, -0.1) is 22.9 Å². The number of nitrogens with one attached hydrogen (secondary N) is 2. The molecular weight excluding hydrogens is 322 g/mol. The molecular formula is C15H16ClN3O2S. The van der Waals surface area contributed by atoms with Crippen molar-refractivity contribution in [3.63, 3.8) is 0 Å². The summed E-state index contributed by atoms with van der Waals surface area (Å²) in [7, 11) is 0. The number of benzene rings is 1. The van der Waals surface area contributed by atoms with Crippen LogP contribution in [0.3, 0.4) is 0 Å². The van der Waals surface area contributed by atoms with Crippen LogP contribution in [0.4, 0.5) is 5.13 Å². The van der Waals surface area contributed by atoms with Gasteiger partial charge in [0.25, 0.3) is 0 Å². The van der Waals surface area contributed by atoms with Gasteiger partial charge in [-0.3, -0.25) is 9.59 Å². The summed E-state index contributed by atoms with van der Waals surface area (Å²) < 4.78 is 0. The second-order valence-electron chi connectivity index (χ2n) is 4.63. The van der Waals surface area contributed by atoms with E-state index >= 15 is 0 Å². The Morgan fingerprint density at radius 2 is 2.00 bits per heavy atom. The Hall–Kier alpha value is -1.92. The first-order valence-corrected chi connectivity index (χ1v) is 8.15. The molecule has 116 valence electrons. The Morgan fingerprint density at radius 1 is 1.27 bits per heavy atom. The molecule has 2 N–H and O–H groups in total. The normalized spacial score (nSPS) is 10.3. The average molecular weight is 338 g/mol. The van der Waals surface area contributed by atoms with Gasteiger partial charge in [0.15, 0.2) is 5.13 Å². The predicted molar refractivity (Wildman–Crippen MR) is 89.0 cm³/mol. The lowest BCUT2D eigenvalue weighted by Crippen LogP contribution is -2.18. The Bertz CT molecular complexity index is 655. The summed E-state index contributed by atoms with van der Waals surface area (Å²) in [5.74, 6) is 0.0993. The van der Waals surface area contributed by atoms with Crippen molar-refractivity contribution >= 4 is 39.9 Å². The van der Waals surface area contributed by atoms with Gasteiger partial charge in [-0.25, -0.2) is 4.98 Å². The zero-order valence-corrected chi connectivity index (χ0v) is 13.6. The molecule has 0 aliphatic heterocycles. The van der Waals surface area contributed by atoms with Gasteiger partial charge in [0.05, 0.1) is 5.69 Å². The molecule has 0 aliphatic carbocycles. The molecule has 0 unspecified atom stereocenters. The van der Waals surface area contributed by atoms with Crippen molar-refractivity contribution in [2.75, 3.05) is 11.2 Å².